The molecule has 2 saturated heterocycles. The van der Waals surface area contributed by atoms with E-state index in [2.05, 4.69) is 23.6 Å². The minimum atomic E-state index is -4.49. The van der Waals surface area contributed by atoms with Crippen LogP contribution in [0.4, 0.5) is 13.2 Å². The van der Waals surface area contributed by atoms with Crippen molar-refractivity contribution >= 4 is 21.8 Å². The molecule has 0 saturated carbocycles. The lowest BCUT2D eigenvalue weighted by atomic mass is 9.82. The van der Waals surface area contributed by atoms with E-state index < -0.39 is 27.9 Å². The summed E-state index contributed by atoms with van der Waals surface area (Å²) in [6.07, 6.45) is 0.776. The fourth-order valence-corrected chi connectivity index (χ4v) is 8.25. The molecule has 240 valence electrons. The number of aliphatic hydroxyl groups excluding tert-OH is 1. The first kappa shape index (κ1) is 32.7. The molecule has 1 unspecified atom stereocenters. The molecule has 0 radical (unpaired) electrons. The predicted molar refractivity (Wildman–Crippen MR) is 163 cm³/mol. The topological polar surface area (TPSA) is 81.9 Å². The van der Waals surface area contributed by atoms with E-state index in [0.717, 1.165) is 70.2 Å². The number of thioether (sulfide) groups is 1. The Labute approximate surface area is 257 Å². The number of halogens is 3. The maximum atomic E-state index is 14.0. The Balaban J connectivity index is 1.42. The van der Waals surface area contributed by atoms with Crippen molar-refractivity contribution in [3.05, 3.63) is 35.0 Å². The van der Waals surface area contributed by atoms with Crippen molar-refractivity contribution in [2.45, 2.75) is 76.2 Å². The zero-order valence-electron chi connectivity index (χ0n) is 25.4. The van der Waals surface area contributed by atoms with Crippen molar-refractivity contribution in [3.63, 3.8) is 0 Å². The van der Waals surface area contributed by atoms with Gasteiger partial charge in [-0.1, -0.05) is 19.9 Å². The molecular weight excluding hydrogens is 599 g/mol. The third kappa shape index (κ3) is 8.15. The van der Waals surface area contributed by atoms with E-state index in [4.69, 9.17) is 5.10 Å². The number of alkyl halides is 3. The number of nitrogens with zero attached hydrogens (tertiary/aromatic N) is 5. The van der Waals surface area contributed by atoms with Gasteiger partial charge in [0.25, 0.3) is 0 Å². The highest BCUT2D eigenvalue weighted by Crippen LogP contribution is 2.40. The summed E-state index contributed by atoms with van der Waals surface area (Å²) in [6, 6.07) is 4.10. The van der Waals surface area contributed by atoms with Crippen LogP contribution in [0, 0.1) is 5.41 Å². The van der Waals surface area contributed by atoms with Gasteiger partial charge < -0.3 is 14.9 Å². The van der Waals surface area contributed by atoms with Crippen molar-refractivity contribution in [1.29, 1.82) is 0 Å². The molecule has 0 spiro atoms. The Morgan fingerprint density at radius 1 is 1.05 bits per heavy atom. The van der Waals surface area contributed by atoms with Crippen molar-refractivity contribution in [3.8, 4) is 11.3 Å². The van der Waals surface area contributed by atoms with Crippen molar-refractivity contribution in [2.24, 2.45) is 5.41 Å². The molecule has 3 aliphatic rings. The summed E-state index contributed by atoms with van der Waals surface area (Å²) >= 11 is 1.20. The van der Waals surface area contributed by atoms with Gasteiger partial charge >= 0.3 is 6.18 Å². The molecule has 0 bridgehead atoms. The van der Waals surface area contributed by atoms with E-state index in [1.807, 2.05) is 0 Å². The van der Waals surface area contributed by atoms with Gasteiger partial charge in [0.2, 0.25) is 10.0 Å². The van der Waals surface area contributed by atoms with Gasteiger partial charge in [0.1, 0.15) is 0 Å². The highest BCUT2D eigenvalue weighted by atomic mass is 32.2. The van der Waals surface area contributed by atoms with Gasteiger partial charge in [-0.2, -0.15) is 22.6 Å². The summed E-state index contributed by atoms with van der Waals surface area (Å²) in [5, 5.41) is 15.9. The number of hydrogen-bond donors (Lipinski definition) is 1. The molecular formula is C30H44F3N5O3S2. The van der Waals surface area contributed by atoms with Crippen LogP contribution in [0.3, 0.4) is 0 Å². The molecule has 1 aromatic heterocycles. The molecule has 0 aliphatic carbocycles. The van der Waals surface area contributed by atoms with E-state index in [0.29, 0.717) is 47.5 Å². The summed E-state index contributed by atoms with van der Waals surface area (Å²) < 4.78 is 70.0. The lowest BCUT2D eigenvalue weighted by Gasteiger charge is -2.37. The van der Waals surface area contributed by atoms with Crippen LogP contribution in [-0.2, 0) is 35.7 Å². The molecule has 1 N–H and O–H groups in total. The van der Waals surface area contributed by atoms with Gasteiger partial charge in [-0.15, -0.1) is 11.8 Å². The van der Waals surface area contributed by atoms with E-state index in [1.165, 1.54) is 28.4 Å². The molecule has 1 atom stereocenters. The van der Waals surface area contributed by atoms with Crippen molar-refractivity contribution in [2.75, 3.05) is 57.8 Å². The summed E-state index contributed by atoms with van der Waals surface area (Å²) in [5.74, 6) is 0.542. The molecule has 2 aromatic rings. The fourth-order valence-electron chi connectivity index (χ4n) is 6.34. The third-order valence-electron chi connectivity index (χ3n) is 9.05. The second kappa shape index (κ2) is 13.0. The van der Waals surface area contributed by atoms with Crippen LogP contribution in [0.5, 0.6) is 0 Å². The maximum Gasteiger partial charge on any atom is 0.417 e. The molecule has 43 heavy (non-hydrogen) atoms. The Morgan fingerprint density at radius 3 is 2.40 bits per heavy atom. The molecule has 13 heteroatoms. The zero-order valence-corrected chi connectivity index (χ0v) is 27.0. The smallest absolute Gasteiger partial charge is 0.390 e. The number of hydrogen-bond acceptors (Lipinski definition) is 7. The Morgan fingerprint density at radius 2 is 1.74 bits per heavy atom. The normalized spacial score (nSPS) is 21.3. The van der Waals surface area contributed by atoms with Crippen LogP contribution in [0.2, 0.25) is 0 Å². The van der Waals surface area contributed by atoms with E-state index >= 15 is 0 Å². The van der Waals surface area contributed by atoms with Crippen LogP contribution < -0.4 is 0 Å². The Kier molecular flexibility index (Phi) is 9.90. The van der Waals surface area contributed by atoms with Crippen LogP contribution in [0.1, 0.15) is 56.4 Å². The first-order chi connectivity index (χ1) is 20.2. The number of benzene rings is 1. The highest BCUT2D eigenvalue weighted by Gasteiger charge is 2.35. The Hall–Kier alpha value is -1.64. The fraction of sp³-hybridized carbons (Fsp3) is 0.700. The molecule has 5 rings (SSSR count). The van der Waals surface area contributed by atoms with Crippen molar-refractivity contribution in [1.82, 2.24) is 23.9 Å². The summed E-state index contributed by atoms with van der Waals surface area (Å²) in [6.45, 7) is 10.2. The molecule has 3 aliphatic heterocycles. The maximum absolute atomic E-state index is 14.0. The van der Waals surface area contributed by atoms with Crippen LogP contribution >= 0.6 is 11.8 Å². The standard InChI is InChI=1S/C30H44F3N5O3S2/c1-29(2)9-14-36(15-10-29)19-23(39)20-38-26-8-13-37(43(3,40)41)21-24(26)28(34-38)22-6-7-25(30(31,32)33)27(18-22)42-17-16-35-11-4-5-12-35/h6-7,18,23,39H,4-5,8-17,19-21H2,1-3H3. The largest absolute Gasteiger partial charge is 0.417 e. The average Bonchev–Trinajstić information content (AvgIpc) is 3.57. The van der Waals surface area contributed by atoms with Gasteiger partial charge in [0, 0.05) is 60.1 Å². The second-order valence-electron chi connectivity index (χ2n) is 13.0. The number of fused-ring (bicyclic) bond motifs is 1. The summed E-state index contributed by atoms with van der Waals surface area (Å²) in [4.78, 5) is 4.69. The van der Waals surface area contributed by atoms with Crippen LogP contribution in [0.25, 0.3) is 11.3 Å². The van der Waals surface area contributed by atoms with Gasteiger partial charge in [0.15, 0.2) is 0 Å². The molecule has 0 amide bonds. The van der Waals surface area contributed by atoms with Crippen LogP contribution in [0.15, 0.2) is 23.1 Å². The predicted octanol–water partition coefficient (Wildman–Crippen LogP) is 4.56. The number of β-amino-alcohol motifs (C(OH)–C–C–N with tert-alkyl or cyclic N) is 1. The monoisotopic (exact) mass is 643 g/mol. The lowest BCUT2D eigenvalue weighted by Crippen LogP contribution is -2.42. The number of piperidine rings is 1. The minimum absolute atomic E-state index is 0.0965. The lowest BCUT2D eigenvalue weighted by molar-refractivity contribution is -0.139. The van der Waals surface area contributed by atoms with Gasteiger partial charge in [0.05, 0.1) is 30.2 Å². The minimum Gasteiger partial charge on any atom is -0.390 e. The number of sulfonamides is 1. The molecule has 1 aromatic carbocycles. The van der Waals surface area contributed by atoms with Gasteiger partial charge in [-0.3, -0.25) is 4.68 Å². The van der Waals surface area contributed by atoms with Gasteiger partial charge in [-0.05, 0) is 69.4 Å². The van der Waals surface area contributed by atoms with Gasteiger partial charge in [-0.25, -0.2) is 8.42 Å². The first-order valence-electron chi connectivity index (χ1n) is 15.2. The highest BCUT2D eigenvalue weighted by molar-refractivity contribution is 7.99. The summed E-state index contributed by atoms with van der Waals surface area (Å²) in [5.41, 5.74) is 2.15. The van der Waals surface area contributed by atoms with E-state index in [-0.39, 0.29) is 18.0 Å². The summed E-state index contributed by atoms with van der Waals surface area (Å²) in [7, 11) is -3.48. The number of rotatable bonds is 10. The molecule has 8 nitrogen and oxygen atoms in total. The number of likely N-dealkylation sites (tertiary alicyclic amines) is 2. The SMILES string of the molecule is CC1(C)CCN(CC(O)Cn2nc(-c3ccc(C(F)(F)F)c(SCCN4CCCC4)c3)c3c2CCN(S(C)(=O)=O)C3)CC1. The quantitative estimate of drug-likeness (QED) is 0.381. The number of aliphatic hydroxyl groups is 1. The van der Waals surface area contributed by atoms with E-state index in [9.17, 15) is 26.7 Å². The average molecular weight is 644 g/mol. The molecule has 2 fully saturated rings. The second-order valence-corrected chi connectivity index (χ2v) is 16.1. The first-order valence-corrected chi connectivity index (χ1v) is 18.0. The molecule has 4 heterocycles. The van der Waals surface area contributed by atoms with E-state index in [1.54, 1.807) is 10.7 Å². The van der Waals surface area contributed by atoms with Crippen LogP contribution in [-0.4, -0.2) is 101 Å². The van der Waals surface area contributed by atoms with Crippen molar-refractivity contribution < 1.29 is 26.7 Å². The number of aromatic nitrogens is 2. The Bertz CT molecular complexity index is 1380. The third-order valence-corrected chi connectivity index (χ3v) is 11.3. The zero-order chi connectivity index (χ0) is 31.0.